The molecule has 2 N–H and O–H groups in total. The summed E-state index contributed by atoms with van der Waals surface area (Å²) in [6, 6.07) is 3.95. The number of fused-ring (bicyclic) bond motifs is 1. The van der Waals surface area contributed by atoms with Crippen LogP contribution in [0.5, 0.6) is 11.5 Å². The predicted octanol–water partition coefficient (Wildman–Crippen LogP) is 3.13. The number of rotatable bonds is 4. The Morgan fingerprint density at radius 2 is 2.00 bits per heavy atom. The maximum atomic E-state index is 6.19. The van der Waals surface area contributed by atoms with Gasteiger partial charge in [-0.05, 0) is 43.5 Å². The molecular formula is C13H18ClNO2. The number of ether oxygens (including phenoxy) is 2. The maximum Gasteiger partial charge on any atom is 0.246 e. The zero-order valence-electron chi connectivity index (χ0n) is 10.3. The third-order valence-corrected chi connectivity index (χ3v) is 2.97. The molecule has 1 aromatic carbocycles. The summed E-state index contributed by atoms with van der Waals surface area (Å²) < 4.78 is 11.3. The van der Waals surface area contributed by atoms with Crippen LogP contribution in [0.2, 0.25) is 5.02 Å². The zero-order valence-corrected chi connectivity index (χ0v) is 11.0. The van der Waals surface area contributed by atoms with Gasteiger partial charge < -0.3 is 15.2 Å². The Labute approximate surface area is 107 Å². The van der Waals surface area contributed by atoms with E-state index in [0.29, 0.717) is 10.8 Å². The minimum absolute atomic E-state index is 0.621. The van der Waals surface area contributed by atoms with E-state index in [0.717, 1.165) is 31.6 Å². The molecule has 0 bridgehead atoms. The van der Waals surface area contributed by atoms with E-state index >= 15 is 0 Å². The molecule has 0 aromatic heterocycles. The predicted molar refractivity (Wildman–Crippen MR) is 68.8 cm³/mol. The quantitative estimate of drug-likeness (QED) is 0.841. The molecule has 0 radical (unpaired) electrons. The van der Waals surface area contributed by atoms with Crippen molar-refractivity contribution in [1.82, 2.24) is 0 Å². The molecular weight excluding hydrogens is 238 g/mol. The van der Waals surface area contributed by atoms with Crippen LogP contribution in [0, 0.1) is 0 Å². The molecule has 17 heavy (non-hydrogen) atoms. The van der Waals surface area contributed by atoms with Crippen LogP contribution in [-0.4, -0.2) is 12.3 Å². The van der Waals surface area contributed by atoms with Crippen molar-refractivity contribution in [2.45, 2.75) is 38.9 Å². The summed E-state index contributed by atoms with van der Waals surface area (Å²) >= 11 is 6.19. The lowest BCUT2D eigenvalue weighted by molar-refractivity contribution is -0.0431. The van der Waals surface area contributed by atoms with Gasteiger partial charge in [0.05, 0.1) is 5.02 Å². The van der Waals surface area contributed by atoms with Crippen molar-refractivity contribution in [3.63, 3.8) is 0 Å². The number of nitrogens with two attached hydrogens (primary N) is 1. The topological polar surface area (TPSA) is 44.5 Å². The number of aryl methyl sites for hydroxylation is 1. The van der Waals surface area contributed by atoms with Gasteiger partial charge in [0.2, 0.25) is 5.79 Å². The molecule has 0 spiro atoms. The lowest BCUT2D eigenvalue weighted by Gasteiger charge is -2.16. The molecule has 0 atom stereocenters. The highest BCUT2D eigenvalue weighted by atomic mass is 35.5. The van der Waals surface area contributed by atoms with Crippen molar-refractivity contribution in [3.05, 3.63) is 22.7 Å². The summed E-state index contributed by atoms with van der Waals surface area (Å²) in [4.78, 5) is 0. The minimum atomic E-state index is -0.623. The first kappa shape index (κ1) is 12.5. The first-order valence-corrected chi connectivity index (χ1v) is 6.30. The van der Waals surface area contributed by atoms with E-state index < -0.39 is 5.79 Å². The Morgan fingerprint density at radius 3 is 2.71 bits per heavy atom. The van der Waals surface area contributed by atoms with Crippen LogP contribution in [0.25, 0.3) is 0 Å². The summed E-state index contributed by atoms with van der Waals surface area (Å²) in [5.41, 5.74) is 6.65. The Morgan fingerprint density at radius 1 is 1.24 bits per heavy atom. The van der Waals surface area contributed by atoms with E-state index in [-0.39, 0.29) is 0 Å². The Kier molecular flexibility index (Phi) is 3.50. The molecule has 1 heterocycles. The fourth-order valence-corrected chi connectivity index (χ4v) is 2.22. The summed E-state index contributed by atoms with van der Waals surface area (Å²) in [5, 5.41) is 0.621. The van der Waals surface area contributed by atoms with Gasteiger partial charge in [0.15, 0.2) is 11.5 Å². The maximum absolute atomic E-state index is 6.19. The van der Waals surface area contributed by atoms with Gasteiger partial charge in [0, 0.05) is 13.8 Å². The smallest absolute Gasteiger partial charge is 0.246 e. The lowest BCUT2D eigenvalue weighted by atomic mass is 10.1. The number of unbranched alkanes of at least 4 members (excludes halogenated alkanes) is 1. The molecule has 0 fully saturated rings. The fraction of sp³-hybridized carbons (Fsp3) is 0.538. The second-order valence-electron chi connectivity index (χ2n) is 4.75. The van der Waals surface area contributed by atoms with Gasteiger partial charge in [0.1, 0.15) is 0 Å². The number of hydrogen-bond donors (Lipinski definition) is 1. The lowest BCUT2D eigenvalue weighted by Crippen LogP contribution is -2.29. The normalized spacial score (nSPS) is 16.2. The Bertz CT molecular complexity index is 418. The number of benzene rings is 1. The minimum Gasteiger partial charge on any atom is -0.449 e. The van der Waals surface area contributed by atoms with Crippen LogP contribution in [-0.2, 0) is 6.42 Å². The second-order valence-corrected chi connectivity index (χ2v) is 5.16. The molecule has 2 rings (SSSR count). The molecule has 0 aliphatic carbocycles. The Hall–Kier alpha value is -0.930. The highest BCUT2D eigenvalue weighted by Gasteiger charge is 2.33. The van der Waals surface area contributed by atoms with E-state index in [1.165, 1.54) is 5.56 Å². The van der Waals surface area contributed by atoms with Crippen LogP contribution in [0.3, 0.4) is 0 Å². The van der Waals surface area contributed by atoms with E-state index in [4.69, 9.17) is 26.8 Å². The molecule has 0 amide bonds. The van der Waals surface area contributed by atoms with Crippen molar-refractivity contribution >= 4 is 11.6 Å². The van der Waals surface area contributed by atoms with Crippen molar-refractivity contribution in [2.75, 3.05) is 6.54 Å². The van der Waals surface area contributed by atoms with Crippen molar-refractivity contribution in [3.8, 4) is 11.5 Å². The highest BCUT2D eigenvalue weighted by molar-refractivity contribution is 6.32. The fourth-order valence-electron chi connectivity index (χ4n) is 1.95. The Balaban J connectivity index is 2.16. The first-order chi connectivity index (χ1) is 8.02. The standard InChI is InChI=1S/C13H18ClNO2/c1-13(2)16-11-8-9(5-3-4-6-15)7-10(14)12(11)17-13/h7-8H,3-6,15H2,1-2H3. The summed E-state index contributed by atoms with van der Waals surface area (Å²) in [6.45, 7) is 4.47. The van der Waals surface area contributed by atoms with Crippen LogP contribution in [0.1, 0.15) is 32.3 Å². The molecule has 0 unspecified atom stereocenters. The largest absolute Gasteiger partial charge is 0.449 e. The van der Waals surface area contributed by atoms with Crippen molar-refractivity contribution in [2.24, 2.45) is 5.73 Å². The van der Waals surface area contributed by atoms with Crippen molar-refractivity contribution < 1.29 is 9.47 Å². The van der Waals surface area contributed by atoms with Crippen LogP contribution in [0.4, 0.5) is 0 Å². The van der Waals surface area contributed by atoms with Crippen LogP contribution in [0.15, 0.2) is 12.1 Å². The van der Waals surface area contributed by atoms with Gasteiger partial charge in [-0.3, -0.25) is 0 Å². The molecule has 3 nitrogen and oxygen atoms in total. The molecule has 1 aromatic rings. The van der Waals surface area contributed by atoms with Gasteiger partial charge in [-0.25, -0.2) is 0 Å². The number of hydrogen-bond acceptors (Lipinski definition) is 3. The van der Waals surface area contributed by atoms with E-state index in [2.05, 4.69) is 0 Å². The van der Waals surface area contributed by atoms with Gasteiger partial charge in [-0.2, -0.15) is 0 Å². The molecule has 94 valence electrons. The van der Waals surface area contributed by atoms with Crippen molar-refractivity contribution in [1.29, 1.82) is 0 Å². The zero-order chi connectivity index (χ0) is 12.5. The third kappa shape index (κ3) is 2.85. The van der Waals surface area contributed by atoms with E-state index in [9.17, 15) is 0 Å². The molecule has 1 aliphatic rings. The third-order valence-electron chi connectivity index (χ3n) is 2.69. The summed E-state index contributed by atoms with van der Waals surface area (Å²) in [7, 11) is 0. The van der Waals surface area contributed by atoms with Gasteiger partial charge in [-0.1, -0.05) is 11.6 Å². The first-order valence-electron chi connectivity index (χ1n) is 5.92. The molecule has 0 saturated carbocycles. The van der Waals surface area contributed by atoms with Crippen LogP contribution < -0.4 is 15.2 Å². The van der Waals surface area contributed by atoms with Crippen LogP contribution >= 0.6 is 11.6 Å². The SMILES string of the molecule is CC1(C)Oc2cc(CCCCN)cc(Cl)c2O1. The van der Waals surface area contributed by atoms with Gasteiger partial charge in [0.25, 0.3) is 0 Å². The van der Waals surface area contributed by atoms with E-state index in [1.54, 1.807) is 0 Å². The average molecular weight is 256 g/mol. The van der Waals surface area contributed by atoms with Gasteiger partial charge in [-0.15, -0.1) is 0 Å². The van der Waals surface area contributed by atoms with E-state index in [1.807, 2.05) is 26.0 Å². The number of halogens is 1. The molecule has 0 saturated heterocycles. The summed E-state index contributed by atoms with van der Waals surface area (Å²) in [6.07, 6.45) is 3.06. The van der Waals surface area contributed by atoms with Gasteiger partial charge >= 0.3 is 0 Å². The average Bonchev–Trinajstić information content (AvgIpc) is 2.54. The molecule has 1 aliphatic heterocycles. The second kappa shape index (κ2) is 4.75. The molecule has 4 heteroatoms. The highest BCUT2D eigenvalue weighted by Crippen LogP contribution is 2.45. The summed E-state index contributed by atoms with van der Waals surface area (Å²) in [5.74, 6) is 0.770. The monoisotopic (exact) mass is 255 g/mol.